The summed E-state index contributed by atoms with van der Waals surface area (Å²) in [4.78, 5) is 33.3. The fraction of sp³-hybridized carbons (Fsp3) is 0.905. The van der Waals surface area contributed by atoms with Crippen LogP contribution in [0.3, 0.4) is 0 Å². The van der Waals surface area contributed by atoms with Crippen LogP contribution in [0, 0.1) is 5.92 Å². The summed E-state index contributed by atoms with van der Waals surface area (Å²) >= 11 is 0. The predicted octanol–water partition coefficient (Wildman–Crippen LogP) is 6.52. The number of carbonyl (C=O) groups excluding carboxylic acids is 2. The van der Waals surface area contributed by atoms with Crippen LogP contribution in [-0.4, -0.2) is 11.9 Å². The normalized spacial score (nSPS) is 12.0. The summed E-state index contributed by atoms with van der Waals surface area (Å²) in [5.41, 5.74) is 0. The highest BCUT2D eigenvalue weighted by Gasteiger charge is 2.21. The Bertz CT molecular complexity index is 328. The van der Waals surface area contributed by atoms with E-state index in [4.69, 9.17) is 9.78 Å². The highest BCUT2D eigenvalue weighted by Crippen LogP contribution is 2.18. The number of unbranched alkanes of at least 4 members (excludes halogenated alkanes) is 9. The van der Waals surface area contributed by atoms with Gasteiger partial charge < -0.3 is 0 Å². The maximum atomic E-state index is 12.1. The van der Waals surface area contributed by atoms with Crippen molar-refractivity contribution >= 4 is 11.9 Å². The Balaban J connectivity index is 3.81. The SMILES string of the molecule is CCCCCCCCCC(=O)OOC(=O)C(CCC)CCCCCC. The molecule has 0 amide bonds. The molecule has 4 nitrogen and oxygen atoms in total. The van der Waals surface area contributed by atoms with Gasteiger partial charge in [-0.25, -0.2) is 19.4 Å². The first-order valence-electron chi connectivity index (χ1n) is 10.6. The van der Waals surface area contributed by atoms with Crippen LogP contribution in [0.4, 0.5) is 0 Å². The van der Waals surface area contributed by atoms with E-state index >= 15 is 0 Å². The maximum absolute atomic E-state index is 12.1. The van der Waals surface area contributed by atoms with Crippen LogP contribution in [-0.2, 0) is 19.4 Å². The highest BCUT2D eigenvalue weighted by molar-refractivity contribution is 5.74. The average Bonchev–Trinajstić information content (AvgIpc) is 2.61. The highest BCUT2D eigenvalue weighted by atomic mass is 17.2. The quantitative estimate of drug-likeness (QED) is 0.179. The molecule has 0 rings (SSSR count). The number of hydrogen-bond donors (Lipinski definition) is 0. The number of rotatable bonds is 16. The van der Waals surface area contributed by atoms with Crippen molar-refractivity contribution in [3.05, 3.63) is 0 Å². The summed E-state index contributed by atoms with van der Waals surface area (Å²) in [6, 6.07) is 0. The molecule has 0 fully saturated rings. The molecule has 1 unspecified atom stereocenters. The van der Waals surface area contributed by atoms with Gasteiger partial charge in [0, 0.05) is 0 Å². The second kappa shape index (κ2) is 17.8. The summed E-state index contributed by atoms with van der Waals surface area (Å²) in [5, 5.41) is 0. The molecule has 0 aromatic heterocycles. The number of hydrogen-bond acceptors (Lipinski definition) is 4. The van der Waals surface area contributed by atoms with E-state index in [1.807, 2.05) is 0 Å². The molecule has 148 valence electrons. The molecule has 0 bridgehead atoms. The van der Waals surface area contributed by atoms with Crippen LogP contribution in [0.15, 0.2) is 0 Å². The van der Waals surface area contributed by atoms with E-state index in [1.165, 1.54) is 38.5 Å². The number of carbonyl (C=O) groups is 2. The maximum Gasteiger partial charge on any atom is 0.358 e. The molecular weight excluding hydrogens is 316 g/mol. The van der Waals surface area contributed by atoms with E-state index in [0.29, 0.717) is 6.42 Å². The summed E-state index contributed by atoms with van der Waals surface area (Å²) < 4.78 is 0. The lowest BCUT2D eigenvalue weighted by atomic mass is 9.96. The molecule has 0 radical (unpaired) electrons. The van der Waals surface area contributed by atoms with Gasteiger partial charge in [-0.05, 0) is 19.3 Å². The molecule has 4 heteroatoms. The van der Waals surface area contributed by atoms with E-state index in [9.17, 15) is 9.59 Å². The molecule has 0 spiro atoms. The van der Waals surface area contributed by atoms with E-state index in [1.54, 1.807) is 0 Å². The Morgan fingerprint density at radius 3 is 1.80 bits per heavy atom. The van der Waals surface area contributed by atoms with Crippen LogP contribution in [0.5, 0.6) is 0 Å². The van der Waals surface area contributed by atoms with Gasteiger partial charge in [-0.15, -0.1) is 0 Å². The molecule has 25 heavy (non-hydrogen) atoms. The topological polar surface area (TPSA) is 52.6 Å². The van der Waals surface area contributed by atoms with Gasteiger partial charge in [0.1, 0.15) is 0 Å². The Hall–Kier alpha value is -1.06. The van der Waals surface area contributed by atoms with Crippen LogP contribution in [0.25, 0.3) is 0 Å². The molecule has 0 saturated carbocycles. The lowest BCUT2D eigenvalue weighted by molar-refractivity contribution is -0.262. The molecule has 1 atom stereocenters. The van der Waals surface area contributed by atoms with Crippen LogP contribution < -0.4 is 0 Å². The molecule has 0 aliphatic carbocycles. The smallest absolute Gasteiger partial charge is 0.247 e. The molecule has 0 heterocycles. The molecule has 0 aromatic carbocycles. The van der Waals surface area contributed by atoms with Crippen molar-refractivity contribution < 1.29 is 19.4 Å². The van der Waals surface area contributed by atoms with Crippen molar-refractivity contribution in [2.45, 2.75) is 117 Å². The molecular formula is C21H40O4. The average molecular weight is 357 g/mol. The minimum atomic E-state index is -0.428. The summed E-state index contributed by atoms with van der Waals surface area (Å²) in [5.74, 6) is -0.956. The Morgan fingerprint density at radius 1 is 0.640 bits per heavy atom. The molecule has 0 N–H and O–H groups in total. The minimum absolute atomic E-state index is 0.145. The third-order valence-corrected chi connectivity index (χ3v) is 4.58. The fourth-order valence-corrected chi connectivity index (χ4v) is 2.97. The summed E-state index contributed by atoms with van der Waals surface area (Å²) in [6.45, 7) is 6.43. The van der Waals surface area contributed by atoms with Gasteiger partial charge in [0.25, 0.3) is 0 Å². The lowest BCUT2D eigenvalue weighted by Crippen LogP contribution is -2.20. The van der Waals surface area contributed by atoms with Crippen LogP contribution in [0.2, 0.25) is 0 Å². The second-order valence-electron chi connectivity index (χ2n) is 7.06. The van der Waals surface area contributed by atoms with Gasteiger partial charge in [-0.1, -0.05) is 91.4 Å². The third kappa shape index (κ3) is 14.9. The standard InChI is InChI=1S/C21H40O4/c1-4-7-9-11-12-13-15-18-20(22)24-25-21(23)19(16-6-3)17-14-10-8-5-2/h19H,4-18H2,1-3H3. The van der Waals surface area contributed by atoms with Gasteiger partial charge >= 0.3 is 11.9 Å². The van der Waals surface area contributed by atoms with Gasteiger partial charge in [0.15, 0.2) is 0 Å². The Morgan fingerprint density at radius 2 is 1.20 bits per heavy atom. The first-order valence-corrected chi connectivity index (χ1v) is 10.6. The molecule has 0 aliphatic rings. The first-order chi connectivity index (χ1) is 12.2. The second-order valence-corrected chi connectivity index (χ2v) is 7.06. The third-order valence-electron chi connectivity index (χ3n) is 4.58. The molecule has 0 aliphatic heterocycles. The van der Waals surface area contributed by atoms with Crippen molar-refractivity contribution in [1.29, 1.82) is 0 Å². The predicted molar refractivity (Wildman–Crippen MR) is 102 cm³/mol. The first kappa shape index (κ1) is 23.9. The fourth-order valence-electron chi connectivity index (χ4n) is 2.97. The summed E-state index contributed by atoms with van der Waals surface area (Å²) in [7, 11) is 0. The van der Waals surface area contributed by atoms with Crippen LogP contribution >= 0.6 is 0 Å². The molecule has 0 aromatic rings. The van der Waals surface area contributed by atoms with E-state index in [0.717, 1.165) is 51.4 Å². The van der Waals surface area contributed by atoms with Crippen molar-refractivity contribution in [2.75, 3.05) is 0 Å². The minimum Gasteiger partial charge on any atom is -0.247 e. The zero-order valence-electron chi connectivity index (χ0n) is 16.8. The van der Waals surface area contributed by atoms with Crippen molar-refractivity contribution in [1.82, 2.24) is 0 Å². The van der Waals surface area contributed by atoms with Gasteiger partial charge in [-0.2, -0.15) is 0 Å². The van der Waals surface area contributed by atoms with E-state index in [2.05, 4.69) is 20.8 Å². The van der Waals surface area contributed by atoms with Crippen molar-refractivity contribution in [2.24, 2.45) is 5.92 Å². The lowest BCUT2D eigenvalue weighted by Gasteiger charge is -2.13. The van der Waals surface area contributed by atoms with E-state index < -0.39 is 5.97 Å². The monoisotopic (exact) mass is 356 g/mol. The Kier molecular flexibility index (Phi) is 17.0. The van der Waals surface area contributed by atoms with Gasteiger partial charge in [0.05, 0.1) is 12.3 Å². The van der Waals surface area contributed by atoms with Crippen molar-refractivity contribution in [3.8, 4) is 0 Å². The van der Waals surface area contributed by atoms with Gasteiger partial charge in [-0.3, -0.25) is 0 Å². The zero-order valence-corrected chi connectivity index (χ0v) is 16.8. The van der Waals surface area contributed by atoms with Gasteiger partial charge in [0.2, 0.25) is 0 Å². The molecule has 0 saturated heterocycles. The largest absolute Gasteiger partial charge is 0.358 e. The van der Waals surface area contributed by atoms with Crippen molar-refractivity contribution in [3.63, 3.8) is 0 Å². The summed E-state index contributed by atoms with van der Waals surface area (Å²) in [6.07, 6.45) is 15.4. The zero-order chi connectivity index (χ0) is 18.8. The Labute approximate surface area is 155 Å². The van der Waals surface area contributed by atoms with Crippen LogP contribution in [0.1, 0.15) is 117 Å². The van der Waals surface area contributed by atoms with E-state index in [-0.39, 0.29) is 11.9 Å².